The van der Waals surface area contributed by atoms with Crippen molar-refractivity contribution in [3.05, 3.63) is 23.7 Å². The minimum Gasteiger partial charge on any atom is -0.467 e. The molecular weight excluding hydrogens is 242 g/mol. The van der Waals surface area contributed by atoms with Gasteiger partial charge < -0.3 is 14.5 Å². The van der Waals surface area contributed by atoms with E-state index in [-0.39, 0.29) is 5.97 Å². The quantitative estimate of drug-likeness (QED) is 0.734. The van der Waals surface area contributed by atoms with E-state index < -0.39 is 0 Å². The summed E-state index contributed by atoms with van der Waals surface area (Å²) in [6.07, 6.45) is 5.09. The molecule has 1 N–H and O–H groups in total. The highest BCUT2D eigenvalue weighted by molar-refractivity contribution is 5.88. The van der Waals surface area contributed by atoms with Crippen molar-refractivity contribution in [3.63, 3.8) is 0 Å². The average molecular weight is 267 g/mol. The molecule has 0 aromatic carbocycles. The number of ether oxygens (including phenoxy) is 1. The zero-order valence-electron chi connectivity index (χ0n) is 12.4. The normalized spacial score (nSPS) is 12.7. The van der Waals surface area contributed by atoms with Crippen molar-refractivity contribution >= 4 is 5.97 Å². The third-order valence-corrected chi connectivity index (χ3v) is 3.12. The Kier molecular flexibility index (Phi) is 6.64. The van der Waals surface area contributed by atoms with E-state index in [0.29, 0.717) is 18.2 Å². The monoisotopic (exact) mass is 267 g/mol. The van der Waals surface area contributed by atoms with Gasteiger partial charge in [-0.1, -0.05) is 26.7 Å². The predicted molar refractivity (Wildman–Crippen MR) is 75.0 cm³/mol. The fourth-order valence-electron chi connectivity index (χ4n) is 1.91. The highest BCUT2D eigenvalue weighted by Gasteiger charge is 2.10. The fraction of sp³-hybridized carbons (Fsp3) is 0.667. The van der Waals surface area contributed by atoms with Gasteiger partial charge in [0.1, 0.15) is 12.0 Å². The largest absolute Gasteiger partial charge is 0.467 e. The molecule has 0 saturated heterocycles. The van der Waals surface area contributed by atoms with E-state index >= 15 is 0 Å². The Hall–Kier alpha value is -1.29. The van der Waals surface area contributed by atoms with Crippen LogP contribution in [0.3, 0.4) is 0 Å². The van der Waals surface area contributed by atoms with Gasteiger partial charge in [0.25, 0.3) is 0 Å². The predicted octanol–water partition coefficient (Wildman–Crippen LogP) is 3.37. The molecule has 1 rings (SSSR count). The van der Waals surface area contributed by atoms with Crippen LogP contribution < -0.4 is 5.32 Å². The molecule has 1 atom stereocenters. The molecule has 0 bridgehead atoms. The molecule has 0 amide bonds. The first-order valence-corrected chi connectivity index (χ1v) is 6.92. The molecule has 1 aromatic heterocycles. The van der Waals surface area contributed by atoms with Crippen molar-refractivity contribution in [2.75, 3.05) is 7.11 Å². The summed E-state index contributed by atoms with van der Waals surface area (Å²) in [7, 11) is 1.37. The zero-order valence-corrected chi connectivity index (χ0v) is 12.4. The second-order valence-corrected chi connectivity index (χ2v) is 5.40. The van der Waals surface area contributed by atoms with Crippen molar-refractivity contribution < 1.29 is 13.9 Å². The SMILES string of the molecule is COC(=O)c1coc(CNC(C)CCCC(C)C)c1. The van der Waals surface area contributed by atoms with E-state index in [1.165, 1.54) is 26.2 Å². The van der Waals surface area contributed by atoms with Gasteiger partial charge in [0.05, 0.1) is 19.2 Å². The number of carbonyl (C=O) groups excluding carboxylic acids is 1. The Labute approximate surface area is 115 Å². The van der Waals surface area contributed by atoms with Crippen LogP contribution >= 0.6 is 0 Å². The third-order valence-electron chi connectivity index (χ3n) is 3.12. The summed E-state index contributed by atoms with van der Waals surface area (Å²) in [5, 5.41) is 3.40. The molecule has 0 aliphatic heterocycles. The Morgan fingerprint density at radius 3 is 2.74 bits per heavy atom. The van der Waals surface area contributed by atoms with Gasteiger partial charge in [-0.15, -0.1) is 0 Å². The highest BCUT2D eigenvalue weighted by Crippen LogP contribution is 2.11. The summed E-state index contributed by atoms with van der Waals surface area (Å²) in [6, 6.07) is 2.17. The topological polar surface area (TPSA) is 51.5 Å². The van der Waals surface area contributed by atoms with E-state index in [2.05, 4.69) is 30.8 Å². The standard InChI is InChI=1S/C15H25NO3/c1-11(2)6-5-7-12(3)16-9-14-8-13(10-19-14)15(17)18-4/h8,10-12,16H,5-7,9H2,1-4H3. The molecule has 0 radical (unpaired) electrons. The Morgan fingerprint density at radius 2 is 2.11 bits per heavy atom. The second-order valence-electron chi connectivity index (χ2n) is 5.40. The van der Waals surface area contributed by atoms with Crippen molar-refractivity contribution in [2.45, 2.75) is 52.6 Å². The number of esters is 1. The lowest BCUT2D eigenvalue weighted by Crippen LogP contribution is -2.25. The van der Waals surface area contributed by atoms with E-state index in [1.807, 2.05) is 0 Å². The van der Waals surface area contributed by atoms with Crippen LogP contribution in [-0.2, 0) is 11.3 Å². The Morgan fingerprint density at radius 1 is 1.37 bits per heavy atom. The van der Waals surface area contributed by atoms with E-state index in [0.717, 1.165) is 18.1 Å². The highest BCUT2D eigenvalue weighted by atomic mass is 16.5. The smallest absolute Gasteiger partial charge is 0.341 e. The molecule has 0 spiro atoms. The lowest BCUT2D eigenvalue weighted by Gasteiger charge is -2.13. The molecule has 1 aromatic rings. The van der Waals surface area contributed by atoms with Crippen LogP contribution in [0.1, 0.15) is 56.2 Å². The fourth-order valence-corrected chi connectivity index (χ4v) is 1.91. The molecule has 19 heavy (non-hydrogen) atoms. The van der Waals surface area contributed by atoms with Gasteiger partial charge >= 0.3 is 5.97 Å². The third kappa shape index (κ3) is 5.92. The first-order valence-electron chi connectivity index (χ1n) is 6.92. The van der Waals surface area contributed by atoms with Crippen molar-refractivity contribution in [1.82, 2.24) is 5.32 Å². The number of hydrogen-bond acceptors (Lipinski definition) is 4. The molecule has 1 heterocycles. The van der Waals surface area contributed by atoms with E-state index in [4.69, 9.17) is 4.42 Å². The summed E-state index contributed by atoms with van der Waals surface area (Å²) >= 11 is 0. The minimum atomic E-state index is -0.361. The van der Waals surface area contributed by atoms with Crippen molar-refractivity contribution in [1.29, 1.82) is 0 Å². The van der Waals surface area contributed by atoms with Crippen LogP contribution in [0.15, 0.2) is 16.7 Å². The van der Waals surface area contributed by atoms with Crippen LogP contribution in [0.4, 0.5) is 0 Å². The van der Waals surface area contributed by atoms with Gasteiger partial charge in [-0.05, 0) is 25.3 Å². The van der Waals surface area contributed by atoms with Crippen LogP contribution in [-0.4, -0.2) is 19.1 Å². The second kappa shape index (κ2) is 8.00. The van der Waals surface area contributed by atoms with Gasteiger partial charge in [0.15, 0.2) is 0 Å². The number of nitrogens with one attached hydrogen (secondary N) is 1. The van der Waals surface area contributed by atoms with Crippen LogP contribution in [0, 0.1) is 5.92 Å². The number of carbonyl (C=O) groups is 1. The molecule has 4 nitrogen and oxygen atoms in total. The van der Waals surface area contributed by atoms with Gasteiger partial charge in [-0.3, -0.25) is 0 Å². The maximum absolute atomic E-state index is 11.3. The summed E-state index contributed by atoms with van der Waals surface area (Å²) in [5.41, 5.74) is 0.465. The lowest BCUT2D eigenvalue weighted by atomic mass is 10.0. The number of rotatable bonds is 8. The molecule has 0 saturated carbocycles. The zero-order chi connectivity index (χ0) is 14.3. The lowest BCUT2D eigenvalue weighted by molar-refractivity contribution is 0.0600. The summed E-state index contributed by atoms with van der Waals surface area (Å²) in [6.45, 7) is 7.30. The first-order chi connectivity index (χ1) is 9.02. The molecular formula is C15H25NO3. The molecule has 0 aliphatic rings. The molecule has 4 heteroatoms. The van der Waals surface area contributed by atoms with Gasteiger partial charge in [-0.25, -0.2) is 4.79 Å². The molecule has 108 valence electrons. The van der Waals surface area contributed by atoms with Crippen molar-refractivity contribution in [3.8, 4) is 0 Å². The summed E-state index contributed by atoms with van der Waals surface area (Å²) < 4.78 is 9.95. The Bertz CT molecular complexity index is 384. The van der Waals surface area contributed by atoms with Crippen LogP contribution in [0.2, 0.25) is 0 Å². The van der Waals surface area contributed by atoms with Crippen molar-refractivity contribution in [2.24, 2.45) is 5.92 Å². The van der Waals surface area contributed by atoms with E-state index in [9.17, 15) is 4.79 Å². The molecule has 0 fully saturated rings. The maximum atomic E-state index is 11.3. The number of hydrogen-bond donors (Lipinski definition) is 1. The van der Waals surface area contributed by atoms with E-state index in [1.54, 1.807) is 6.07 Å². The van der Waals surface area contributed by atoms with Crippen LogP contribution in [0.25, 0.3) is 0 Å². The first kappa shape index (κ1) is 15.8. The summed E-state index contributed by atoms with van der Waals surface area (Å²) in [4.78, 5) is 11.3. The minimum absolute atomic E-state index is 0.361. The molecule has 0 aliphatic carbocycles. The molecule has 1 unspecified atom stereocenters. The summed E-state index contributed by atoms with van der Waals surface area (Å²) in [5.74, 6) is 1.16. The average Bonchev–Trinajstić information content (AvgIpc) is 2.83. The van der Waals surface area contributed by atoms with Crippen LogP contribution in [0.5, 0.6) is 0 Å². The van der Waals surface area contributed by atoms with Gasteiger partial charge in [0, 0.05) is 6.04 Å². The van der Waals surface area contributed by atoms with Gasteiger partial charge in [-0.2, -0.15) is 0 Å². The number of furan rings is 1. The maximum Gasteiger partial charge on any atom is 0.341 e. The Balaban J connectivity index is 2.28. The van der Waals surface area contributed by atoms with Gasteiger partial charge in [0.2, 0.25) is 0 Å². The number of methoxy groups -OCH3 is 1.